The van der Waals surface area contributed by atoms with Crippen LogP contribution in [0.5, 0.6) is 0 Å². The van der Waals surface area contributed by atoms with E-state index in [0.29, 0.717) is 12.1 Å². The van der Waals surface area contributed by atoms with E-state index in [1.807, 2.05) is 0 Å². The molecular formula is C14H17FN2. The van der Waals surface area contributed by atoms with Gasteiger partial charge in [0.15, 0.2) is 0 Å². The molecule has 1 fully saturated rings. The summed E-state index contributed by atoms with van der Waals surface area (Å²) in [5, 5.41) is 8.99. The second kappa shape index (κ2) is 5.29. The first-order valence-electron chi connectivity index (χ1n) is 6.13. The number of rotatable bonds is 3. The molecule has 1 unspecified atom stereocenters. The fourth-order valence-corrected chi connectivity index (χ4v) is 2.43. The molecular weight excluding hydrogens is 215 g/mol. The van der Waals surface area contributed by atoms with E-state index in [2.05, 4.69) is 17.9 Å². The third kappa shape index (κ3) is 2.83. The van der Waals surface area contributed by atoms with Crippen molar-refractivity contribution in [1.29, 1.82) is 5.26 Å². The molecule has 1 aliphatic rings. The van der Waals surface area contributed by atoms with Gasteiger partial charge in [-0.2, -0.15) is 5.26 Å². The van der Waals surface area contributed by atoms with Crippen LogP contribution in [0.4, 0.5) is 4.39 Å². The van der Waals surface area contributed by atoms with Gasteiger partial charge in [0.1, 0.15) is 5.82 Å². The van der Waals surface area contributed by atoms with Crippen molar-refractivity contribution in [3.05, 3.63) is 35.1 Å². The van der Waals surface area contributed by atoms with Crippen molar-refractivity contribution in [3.63, 3.8) is 0 Å². The van der Waals surface area contributed by atoms with Gasteiger partial charge in [0.25, 0.3) is 0 Å². The van der Waals surface area contributed by atoms with Gasteiger partial charge < -0.3 is 0 Å². The number of likely N-dealkylation sites (tertiary alicyclic amines) is 1. The van der Waals surface area contributed by atoms with Crippen molar-refractivity contribution in [3.8, 4) is 6.07 Å². The van der Waals surface area contributed by atoms with Crippen molar-refractivity contribution in [2.45, 2.75) is 26.3 Å². The third-order valence-electron chi connectivity index (χ3n) is 3.53. The highest BCUT2D eigenvalue weighted by atomic mass is 19.1. The van der Waals surface area contributed by atoms with Crippen LogP contribution in [0, 0.1) is 23.1 Å². The number of halogens is 1. The highest BCUT2D eigenvalue weighted by molar-refractivity contribution is 5.37. The Morgan fingerprint density at radius 3 is 3.00 bits per heavy atom. The Kier molecular flexibility index (Phi) is 3.75. The smallest absolute Gasteiger partial charge is 0.123 e. The maximum atomic E-state index is 13.2. The summed E-state index contributed by atoms with van der Waals surface area (Å²) in [5.74, 6) is 0.499. The highest BCUT2D eigenvalue weighted by Crippen LogP contribution is 2.22. The van der Waals surface area contributed by atoms with E-state index in [1.54, 1.807) is 6.07 Å². The fourth-order valence-electron chi connectivity index (χ4n) is 2.43. The van der Waals surface area contributed by atoms with Crippen molar-refractivity contribution in [2.24, 2.45) is 5.92 Å². The molecule has 1 aromatic carbocycles. The van der Waals surface area contributed by atoms with E-state index < -0.39 is 0 Å². The van der Waals surface area contributed by atoms with Crippen LogP contribution in [0.15, 0.2) is 18.2 Å². The number of hydrogen-bond acceptors (Lipinski definition) is 2. The standard InChI is InChI=1S/C14H17FN2/c1-2-11-5-6-17(9-11)10-13-7-14(15)4-3-12(13)8-16/h3-4,7,11H,2,5-6,9-10H2,1H3. The minimum Gasteiger partial charge on any atom is -0.299 e. The molecule has 0 N–H and O–H groups in total. The maximum absolute atomic E-state index is 13.2. The van der Waals surface area contributed by atoms with Crippen LogP contribution in [0.2, 0.25) is 0 Å². The molecule has 0 aliphatic carbocycles. The molecule has 2 rings (SSSR count). The van der Waals surface area contributed by atoms with E-state index in [-0.39, 0.29) is 5.82 Å². The van der Waals surface area contributed by atoms with E-state index in [9.17, 15) is 4.39 Å². The van der Waals surface area contributed by atoms with Gasteiger partial charge in [-0.1, -0.05) is 13.3 Å². The van der Waals surface area contributed by atoms with Crippen molar-refractivity contribution >= 4 is 0 Å². The summed E-state index contributed by atoms with van der Waals surface area (Å²) in [7, 11) is 0. The lowest BCUT2D eigenvalue weighted by molar-refractivity contribution is 0.314. The Morgan fingerprint density at radius 1 is 1.53 bits per heavy atom. The monoisotopic (exact) mass is 232 g/mol. The first-order valence-corrected chi connectivity index (χ1v) is 6.13. The average Bonchev–Trinajstić information content (AvgIpc) is 2.77. The van der Waals surface area contributed by atoms with Gasteiger partial charge in [-0.25, -0.2) is 4.39 Å². The number of hydrogen-bond donors (Lipinski definition) is 0. The van der Waals surface area contributed by atoms with Crippen LogP contribution in [-0.4, -0.2) is 18.0 Å². The Balaban J connectivity index is 2.09. The average molecular weight is 232 g/mol. The van der Waals surface area contributed by atoms with Crippen LogP contribution in [0.25, 0.3) is 0 Å². The molecule has 17 heavy (non-hydrogen) atoms. The molecule has 0 amide bonds. The summed E-state index contributed by atoms with van der Waals surface area (Å²) in [6.45, 7) is 5.02. The normalized spacial score (nSPS) is 20.4. The van der Waals surface area contributed by atoms with E-state index in [1.165, 1.54) is 25.0 Å². The summed E-state index contributed by atoms with van der Waals surface area (Å²) in [4.78, 5) is 2.31. The van der Waals surface area contributed by atoms with E-state index in [0.717, 1.165) is 24.6 Å². The SMILES string of the molecule is CCC1CCN(Cc2cc(F)ccc2C#N)C1. The Morgan fingerprint density at radius 2 is 2.35 bits per heavy atom. The third-order valence-corrected chi connectivity index (χ3v) is 3.53. The lowest BCUT2D eigenvalue weighted by atomic mass is 10.1. The molecule has 0 radical (unpaired) electrons. The zero-order chi connectivity index (χ0) is 12.3. The molecule has 1 aromatic rings. The molecule has 0 spiro atoms. The molecule has 1 aliphatic heterocycles. The summed E-state index contributed by atoms with van der Waals surface area (Å²) in [6, 6.07) is 6.53. The van der Waals surface area contributed by atoms with Crippen LogP contribution in [-0.2, 0) is 6.54 Å². The molecule has 3 heteroatoms. The predicted molar refractivity (Wildman–Crippen MR) is 64.8 cm³/mol. The van der Waals surface area contributed by atoms with Gasteiger partial charge in [-0.3, -0.25) is 4.90 Å². The summed E-state index contributed by atoms with van der Waals surface area (Å²) in [5.41, 5.74) is 1.40. The van der Waals surface area contributed by atoms with Crippen LogP contribution >= 0.6 is 0 Å². The van der Waals surface area contributed by atoms with Crippen LogP contribution in [0.3, 0.4) is 0 Å². The lowest BCUT2D eigenvalue weighted by Gasteiger charge is -2.16. The largest absolute Gasteiger partial charge is 0.299 e. The molecule has 1 atom stereocenters. The molecule has 0 saturated carbocycles. The van der Waals surface area contributed by atoms with Gasteiger partial charge in [0.05, 0.1) is 11.6 Å². The van der Waals surface area contributed by atoms with Crippen LogP contribution in [0.1, 0.15) is 30.9 Å². The Labute approximate surface area is 102 Å². The minimum atomic E-state index is -0.259. The number of benzene rings is 1. The highest BCUT2D eigenvalue weighted by Gasteiger charge is 2.21. The first kappa shape index (κ1) is 12.1. The summed E-state index contributed by atoms with van der Waals surface area (Å²) >= 11 is 0. The molecule has 1 saturated heterocycles. The second-order valence-corrected chi connectivity index (χ2v) is 4.71. The predicted octanol–water partition coefficient (Wildman–Crippen LogP) is 2.93. The van der Waals surface area contributed by atoms with Crippen LogP contribution < -0.4 is 0 Å². The van der Waals surface area contributed by atoms with E-state index in [4.69, 9.17) is 5.26 Å². The van der Waals surface area contributed by atoms with Gasteiger partial charge in [-0.15, -0.1) is 0 Å². The summed E-state index contributed by atoms with van der Waals surface area (Å²) in [6.07, 6.45) is 2.42. The Bertz CT molecular complexity index is 436. The topological polar surface area (TPSA) is 27.0 Å². The van der Waals surface area contributed by atoms with Gasteiger partial charge in [0.2, 0.25) is 0 Å². The number of nitriles is 1. The second-order valence-electron chi connectivity index (χ2n) is 4.71. The van der Waals surface area contributed by atoms with Gasteiger partial charge >= 0.3 is 0 Å². The summed E-state index contributed by atoms with van der Waals surface area (Å²) < 4.78 is 13.2. The molecule has 2 nitrogen and oxygen atoms in total. The minimum absolute atomic E-state index is 0.259. The molecule has 1 heterocycles. The van der Waals surface area contributed by atoms with Gasteiger partial charge in [-0.05, 0) is 42.6 Å². The van der Waals surface area contributed by atoms with Crippen molar-refractivity contribution in [1.82, 2.24) is 4.90 Å². The number of nitrogens with zero attached hydrogens (tertiary/aromatic N) is 2. The zero-order valence-corrected chi connectivity index (χ0v) is 10.1. The quantitative estimate of drug-likeness (QED) is 0.801. The van der Waals surface area contributed by atoms with E-state index >= 15 is 0 Å². The van der Waals surface area contributed by atoms with Gasteiger partial charge in [0, 0.05) is 13.1 Å². The maximum Gasteiger partial charge on any atom is 0.123 e. The molecule has 90 valence electrons. The molecule has 0 bridgehead atoms. The van der Waals surface area contributed by atoms with Crippen molar-refractivity contribution < 1.29 is 4.39 Å². The fraction of sp³-hybridized carbons (Fsp3) is 0.500. The zero-order valence-electron chi connectivity index (χ0n) is 10.1. The Hall–Kier alpha value is -1.40. The van der Waals surface area contributed by atoms with Crippen molar-refractivity contribution in [2.75, 3.05) is 13.1 Å². The molecule has 0 aromatic heterocycles. The first-order chi connectivity index (χ1) is 8.22. The lowest BCUT2D eigenvalue weighted by Crippen LogP contribution is -2.20.